The topological polar surface area (TPSA) is 15.3 Å². The molecular formula is C17H26N2S2. The van der Waals surface area contributed by atoms with Crippen molar-refractivity contribution in [2.45, 2.75) is 46.3 Å². The van der Waals surface area contributed by atoms with Gasteiger partial charge in [-0.05, 0) is 50.6 Å². The third-order valence-electron chi connectivity index (χ3n) is 3.63. The molecule has 21 heavy (non-hydrogen) atoms. The molecule has 0 fully saturated rings. The Hall–Kier alpha value is -0.680. The van der Waals surface area contributed by atoms with Crippen LogP contribution in [0.5, 0.6) is 0 Å². The molecule has 2 rings (SSSR count). The average Bonchev–Trinajstić information content (AvgIpc) is 3.08. The molecule has 2 aromatic rings. The summed E-state index contributed by atoms with van der Waals surface area (Å²) >= 11 is 3.66. The van der Waals surface area contributed by atoms with E-state index in [2.05, 4.69) is 66.9 Å². The van der Waals surface area contributed by atoms with Crippen LogP contribution >= 0.6 is 22.7 Å². The van der Waals surface area contributed by atoms with Gasteiger partial charge in [0.05, 0.1) is 0 Å². The quantitative estimate of drug-likeness (QED) is 0.710. The first-order chi connectivity index (χ1) is 10.1. The van der Waals surface area contributed by atoms with Gasteiger partial charge in [-0.3, -0.25) is 4.90 Å². The van der Waals surface area contributed by atoms with Crippen LogP contribution in [0, 0.1) is 0 Å². The predicted octanol–water partition coefficient (Wildman–Crippen LogP) is 4.69. The van der Waals surface area contributed by atoms with Gasteiger partial charge < -0.3 is 5.32 Å². The molecule has 116 valence electrons. The van der Waals surface area contributed by atoms with Crippen molar-refractivity contribution in [2.75, 3.05) is 13.1 Å². The van der Waals surface area contributed by atoms with Crippen molar-refractivity contribution < 1.29 is 0 Å². The summed E-state index contributed by atoms with van der Waals surface area (Å²) in [5.74, 6) is 0. The summed E-state index contributed by atoms with van der Waals surface area (Å²) in [5, 5.41) is 7.97. The highest BCUT2D eigenvalue weighted by molar-refractivity contribution is 7.14. The Labute approximate surface area is 136 Å². The van der Waals surface area contributed by atoms with E-state index in [4.69, 9.17) is 0 Å². The van der Waals surface area contributed by atoms with Crippen LogP contribution in [0.25, 0.3) is 10.4 Å². The maximum atomic E-state index is 3.57. The molecule has 2 aromatic heterocycles. The zero-order chi connectivity index (χ0) is 15.2. The van der Waals surface area contributed by atoms with Crippen LogP contribution in [0.1, 0.15) is 32.6 Å². The van der Waals surface area contributed by atoms with E-state index in [0.29, 0.717) is 12.1 Å². The van der Waals surface area contributed by atoms with Crippen LogP contribution in [0.4, 0.5) is 0 Å². The first-order valence-corrected chi connectivity index (χ1v) is 9.41. The van der Waals surface area contributed by atoms with E-state index in [0.717, 1.165) is 19.6 Å². The molecule has 2 heterocycles. The Balaban J connectivity index is 1.76. The van der Waals surface area contributed by atoms with Crippen LogP contribution in [0.15, 0.2) is 29.0 Å². The van der Waals surface area contributed by atoms with E-state index < -0.39 is 0 Å². The monoisotopic (exact) mass is 322 g/mol. The lowest BCUT2D eigenvalue weighted by molar-refractivity contribution is 0.176. The Kier molecular flexibility index (Phi) is 6.42. The second-order valence-electron chi connectivity index (χ2n) is 5.88. The predicted molar refractivity (Wildman–Crippen MR) is 96.3 cm³/mol. The zero-order valence-electron chi connectivity index (χ0n) is 13.4. The Morgan fingerprint density at radius 1 is 1.14 bits per heavy atom. The molecule has 0 unspecified atom stereocenters. The normalized spacial score (nSPS) is 12.0. The molecule has 1 N–H and O–H groups in total. The Morgan fingerprint density at radius 2 is 1.90 bits per heavy atom. The minimum absolute atomic E-state index is 0.610. The number of nitrogens with one attached hydrogen (secondary N) is 1. The third kappa shape index (κ3) is 4.92. The summed E-state index contributed by atoms with van der Waals surface area (Å²) in [5.41, 5.74) is 1.36. The average molecular weight is 323 g/mol. The zero-order valence-corrected chi connectivity index (χ0v) is 15.1. The standard InChI is InChI=1S/C17H26N2S2/c1-13(2)19(14(3)4)8-7-18-11-16-10-15(12-21-16)17-6-5-9-20-17/h5-6,9-10,12-14,18H,7-8,11H2,1-4H3. The van der Waals surface area contributed by atoms with Gasteiger partial charge in [0, 0.05) is 47.0 Å². The highest BCUT2D eigenvalue weighted by Crippen LogP contribution is 2.29. The van der Waals surface area contributed by atoms with Crippen molar-refractivity contribution in [3.8, 4) is 10.4 Å². The van der Waals surface area contributed by atoms with Gasteiger partial charge in [0.15, 0.2) is 0 Å². The van der Waals surface area contributed by atoms with E-state index in [1.165, 1.54) is 15.3 Å². The minimum Gasteiger partial charge on any atom is -0.311 e. The molecule has 0 aliphatic rings. The molecule has 0 aliphatic carbocycles. The summed E-state index contributed by atoms with van der Waals surface area (Å²) in [4.78, 5) is 5.31. The van der Waals surface area contributed by atoms with Crippen LogP contribution in [-0.2, 0) is 6.54 Å². The summed E-state index contributed by atoms with van der Waals surface area (Å²) < 4.78 is 0. The van der Waals surface area contributed by atoms with E-state index >= 15 is 0 Å². The number of hydrogen-bond donors (Lipinski definition) is 1. The second kappa shape index (κ2) is 8.08. The Bertz CT molecular complexity index is 507. The first-order valence-electron chi connectivity index (χ1n) is 7.65. The van der Waals surface area contributed by atoms with Gasteiger partial charge >= 0.3 is 0 Å². The molecular weight excluding hydrogens is 296 g/mol. The van der Waals surface area contributed by atoms with Crippen molar-refractivity contribution in [1.82, 2.24) is 10.2 Å². The molecule has 2 nitrogen and oxygen atoms in total. The van der Waals surface area contributed by atoms with Crippen molar-refractivity contribution in [3.05, 3.63) is 33.8 Å². The molecule has 4 heteroatoms. The summed E-state index contributed by atoms with van der Waals surface area (Å²) in [7, 11) is 0. The summed E-state index contributed by atoms with van der Waals surface area (Å²) in [6.45, 7) is 12.2. The van der Waals surface area contributed by atoms with Gasteiger partial charge in [-0.25, -0.2) is 0 Å². The van der Waals surface area contributed by atoms with Crippen LogP contribution in [-0.4, -0.2) is 30.1 Å². The van der Waals surface area contributed by atoms with E-state index in [9.17, 15) is 0 Å². The second-order valence-corrected chi connectivity index (χ2v) is 7.82. The highest BCUT2D eigenvalue weighted by atomic mass is 32.1. The molecule has 0 spiro atoms. The molecule has 0 amide bonds. The van der Waals surface area contributed by atoms with Gasteiger partial charge in [0.25, 0.3) is 0 Å². The molecule has 0 bridgehead atoms. The summed E-state index contributed by atoms with van der Waals surface area (Å²) in [6.07, 6.45) is 0. The molecule has 0 saturated heterocycles. The van der Waals surface area contributed by atoms with Gasteiger partial charge in [0.1, 0.15) is 0 Å². The van der Waals surface area contributed by atoms with Crippen molar-refractivity contribution in [2.24, 2.45) is 0 Å². The van der Waals surface area contributed by atoms with Gasteiger partial charge in [-0.15, -0.1) is 22.7 Å². The van der Waals surface area contributed by atoms with Crippen LogP contribution < -0.4 is 5.32 Å². The maximum absolute atomic E-state index is 3.57. The largest absolute Gasteiger partial charge is 0.311 e. The highest BCUT2D eigenvalue weighted by Gasteiger charge is 2.12. The van der Waals surface area contributed by atoms with E-state index in [1.807, 2.05) is 22.7 Å². The lowest BCUT2D eigenvalue weighted by atomic mass is 10.2. The van der Waals surface area contributed by atoms with Crippen LogP contribution in [0.3, 0.4) is 0 Å². The smallest absolute Gasteiger partial charge is 0.0351 e. The fourth-order valence-electron chi connectivity index (χ4n) is 2.58. The lowest BCUT2D eigenvalue weighted by Crippen LogP contribution is -2.41. The number of rotatable bonds is 8. The molecule has 0 atom stereocenters. The molecule has 0 aliphatic heterocycles. The van der Waals surface area contributed by atoms with E-state index in [-0.39, 0.29) is 0 Å². The third-order valence-corrected chi connectivity index (χ3v) is 5.49. The van der Waals surface area contributed by atoms with E-state index in [1.54, 1.807) is 0 Å². The van der Waals surface area contributed by atoms with Gasteiger partial charge in [0.2, 0.25) is 0 Å². The fraction of sp³-hybridized carbons (Fsp3) is 0.529. The SMILES string of the molecule is CC(C)N(CCNCc1cc(-c2cccs2)cs1)C(C)C. The Morgan fingerprint density at radius 3 is 2.52 bits per heavy atom. The number of nitrogens with zero attached hydrogens (tertiary/aromatic N) is 1. The summed E-state index contributed by atoms with van der Waals surface area (Å²) in [6, 6.07) is 7.83. The van der Waals surface area contributed by atoms with Gasteiger partial charge in [-0.1, -0.05) is 6.07 Å². The van der Waals surface area contributed by atoms with Crippen molar-refractivity contribution in [3.63, 3.8) is 0 Å². The first kappa shape index (κ1) is 16.7. The number of hydrogen-bond acceptors (Lipinski definition) is 4. The van der Waals surface area contributed by atoms with Crippen molar-refractivity contribution >= 4 is 22.7 Å². The lowest BCUT2D eigenvalue weighted by Gasteiger charge is -2.30. The minimum atomic E-state index is 0.610. The van der Waals surface area contributed by atoms with Crippen LogP contribution in [0.2, 0.25) is 0 Å². The fourth-order valence-corrected chi connectivity index (χ4v) is 4.22. The molecule has 0 aromatic carbocycles. The van der Waals surface area contributed by atoms with Crippen molar-refractivity contribution in [1.29, 1.82) is 0 Å². The van der Waals surface area contributed by atoms with Gasteiger partial charge in [-0.2, -0.15) is 0 Å². The number of thiophene rings is 2. The maximum Gasteiger partial charge on any atom is 0.0351 e. The molecule has 0 radical (unpaired) electrons. The molecule has 0 saturated carbocycles.